The van der Waals surface area contributed by atoms with Crippen LogP contribution in [-0.2, 0) is 6.54 Å². The molecule has 1 atom stereocenters. The third-order valence-electron chi connectivity index (χ3n) is 3.31. The van der Waals surface area contributed by atoms with Gasteiger partial charge >= 0.3 is 0 Å². The molecule has 21 heavy (non-hydrogen) atoms. The molecule has 0 saturated heterocycles. The van der Waals surface area contributed by atoms with Crippen LogP contribution in [0.25, 0.3) is 0 Å². The van der Waals surface area contributed by atoms with E-state index in [-0.39, 0.29) is 6.04 Å². The highest BCUT2D eigenvalue weighted by atomic mass is 15.2. The van der Waals surface area contributed by atoms with E-state index in [4.69, 9.17) is 11.0 Å². The molecule has 0 bridgehead atoms. The highest BCUT2D eigenvalue weighted by Crippen LogP contribution is 2.20. The molecule has 0 aliphatic heterocycles. The first-order chi connectivity index (χ1) is 10.3. The Balaban J connectivity index is 2.19. The Morgan fingerprint density at radius 2 is 2.14 bits per heavy atom. The molecular weight excluding hydrogens is 262 g/mol. The van der Waals surface area contributed by atoms with E-state index in [1.165, 1.54) is 0 Å². The second-order valence-corrected chi connectivity index (χ2v) is 4.75. The van der Waals surface area contributed by atoms with E-state index in [9.17, 15) is 0 Å². The third-order valence-corrected chi connectivity index (χ3v) is 3.31. The van der Waals surface area contributed by atoms with Crippen LogP contribution in [-0.4, -0.2) is 28.0 Å². The fraction of sp³-hybridized carbons (Fsp3) is 0.312. The molecule has 0 fully saturated rings. The maximum absolute atomic E-state index is 8.87. The molecule has 2 N–H and O–H groups in total. The van der Waals surface area contributed by atoms with Gasteiger partial charge in [0.2, 0.25) is 0 Å². The van der Waals surface area contributed by atoms with Crippen molar-refractivity contribution < 1.29 is 0 Å². The summed E-state index contributed by atoms with van der Waals surface area (Å²) >= 11 is 0. The predicted octanol–water partition coefficient (Wildman–Crippen LogP) is 1.89. The van der Waals surface area contributed by atoms with Gasteiger partial charge in [-0.1, -0.05) is 12.1 Å². The zero-order chi connectivity index (χ0) is 14.9. The molecule has 0 radical (unpaired) electrons. The van der Waals surface area contributed by atoms with Crippen LogP contribution >= 0.6 is 0 Å². The van der Waals surface area contributed by atoms with Crippen molar-refractivity contribution in [2.24, 2.45) is 5.73 Å². The number of nitrogens with two attached hydrogens (primary N) is 1. The van der Waals surface area contributed by atoms with Gasteiger partial charge in [0.25, 0.3) is 0 Å². The van der Waals surface area contributed by atoms with Crippen molar-refractivity contribution in [2.45, 2.75) is 19.0 Å². The summed E-state index contributed by atoms with van der Waals surface area (Å²) in [6.45, 7) is 1.82. The normalized spacial score (nSPS) is 12.0. The zero-order valence-electron chi connectivity index (χ0n) is 11.9. The average Bonchev–Trinajstić information content (AvgIpc) is 2.55. The first kappa shape index (κ1) is 15.1. The second-order valence-electron chi connectivity index (χ2n) is 4.75. The highest BCUT2D eigenvalue weighted by molar-refractivity contribution is 5.13. The van der Waals surface area contributed by atoms with E-state index in [2.05, 4.69) is 20.9 Å². The van der Waals surface area contributed by atoms with Crippen molar-refractivity contribution in [3.63, 3.8) is 0 Å². The smallest absolute Gasteiger partial charge is 0.0647 e. The van der Waals surface area contributed by atoms with Gasteiger partial charge in [-0.05, 0) is 23.8 Å². The summed E-state index contributed by atoms with van der Waals surface area (Å²) in [6, 6.07) is 11.9. The van der Waals surface area contributed by atoms with E-state index >= 15 is 0 Å². The molecule has 2 heterocycles. The number of pyridine rings is 2. The molecule has 2 aromatic rings. The molecule has 0 amide bonds. The molecule has 1 unspecified atom stereocenters. The second kappa shape index (κ2) is 8.10. The molecule has 5 nitrogen and oxygen atoms in total. The van der Waals surface area contributed by atoms with Gasteiger partial charge in [-0.25, -0.2) is 0 Å². The lowest BCUT2D eigenvalue weighted by molar-refractivity contribution is 0.193. The van der Waals surface area contributed by atoms with Crippen LogP contribution in [0.15, 0.2) is 48.9 Å². The Kier molecular flexibility index (Phi) is 5.83. The number of nitrogens with zero attached hydrogens (tertiary/aromatic N) is 4. The first-order valence-corrected chi connectivity index (χ1v) is 6.96. The van der Waals surface area contributed by atoms with Crippen molar-refractivity contribution in [1.29, 1.82) is 5.26 Å². The minimum atomic E-state index is -0.000226. The standard InChI is InChI=1S/C16H19N5/c17-7-4-10-21(13-14-5-3-8-19-12-14)16(11-18)15-6-1-2-9-20-15/h1-3,5-6,8-9,12,16H,4,10-11,13,18H2. The van der Waals surface area contributed by atoms with Crippen LogP contribution in [0.5, 0.6) is 0 Å². The van der Waals surface area contributed by atoms with Gasteiger partial charge < -0.3 is 5.73 Å². The first-order valence-electron chi connectivity index (χ1n) is 6.96. The molecule has 2 rings (SSSR count). The van der Waals surface area contributed by atoms with Crippen LogP contribution in [0.3, 0.4) is 0 Å². The van der Waals surface area contributed by atoms with Gasteiger partial charge in [0, 0.05) is 44.6 Å². The molecule has 2 aromatic heterocycles. The SMILES string of the molecule is N#CCCN(Cc1cccnc1)C(CN)c1ccccn1. The van der Waals surface area contributed by atoms with Crippen molar-refractivity contribution in [2.75, 3.05) is 13.1 Å². The maximum atomic E-state index is 8.87. The fourth-order valence-electron chi connectivity index (χ4n) is 2.29. The summed E-state index contributed by atoms with van der Waals surface area (Å²) in [5, 5.41) is 8.87. The molecule has 5 heteroatoms. The van der Waals surface area contributed by atoms with Gasteiger partial charge in [-0.3, -0.25) is 14.9 Å². The van der Waals surface area contributed by atoms with Gasteiger partial charge in [-0.15, -0.1) is 0 Å². The Bertz CT molecular complexity index is 564. The van der Waals surface area contributed by atoms with E-state index in [1.807, 2.05) is 36.5 Å². The lowest BCUT2D eigenvalue weighted by Gasteiger charge is -2.29. The molecule has 0 saturated carbocycles. The Hall–Kier alpha value is -2.29. The summed E-state index contributed by atoms with van der Waals surface area (Å²) in [6.07, 6.45) is 5.82. The topological polar surface area (TPSA) is 78.8 Å². The summed E-state index contributed by atoms with van der Waals surface area (Å²) in [5.41, 5.74) is 7.98. The van der Waals surface area contributed by atoms with Crippen LogP contribution in [0.1, 0.15) is 23.7 Å². The van der Waals surface area contributed by atoms with Gasteiger partial charge in [0.15, 0.2) is 0 Å². The minimum Gasteiger partial charge on any atom is -0.329 e. The van der Waals surface area contributed by atoms with Gasteiger partial charge in [0.05, 0.1) is 17.8 Å². The van der Waals surface area contributed by atoms with Crippen LogP contribution < -0.4 is 5.73 Å². The molecular formula is C16H19N5. The van der Waals surface area contributed by atoms with Crippen LogP contribution in [0.2, 0.25) is 0 Å². The summed E-state index contributed by atoms with van der Waals surface area (Å²) in [4.78, 5) is 10.7. The Labute approximate surface area is 125 Å². The monoisotopic (exact) mass is 281 g/mol. The summed E-state index contributed by atoms with van der Waals surface area (Å²) in [7, 11) is 0. The van der Waals surface area contributed by atoms with Crippen molar-refractivity contribution >= 4 is 0 Å². The lowest BCUT2D eigenvalue weighted by atomic mass is 10.1. The van der Waals surface area contributed by atoms with Crippen LogP contribution in [0, 0.1) is 11.3 Å². The summed E-state index contributed by atoms with van der Waals surface area (Å²) < 4.78 is 0. The van der Waals surface area contributed by atoms with Crippen molar-refractivity contribution in [3.8, 4) is 6.07 Å². The quantitative estimate of drug-likeness (QED) is 0.838. The van der Waals surface area contributed by atoms with Crippen LogP contribution in [0.4, 0.5) is 0 Å². The number of aromatic nitrogens is 2. The molecule has 0 aliphatic carbocycles. The number of hydrogen-bond acceptors (Lipinski definition) is 5. The average molecular weight is 281 g/mol. The Morgan fingerprint density at radius 1 is 1.24 bits per heavy atom. The predicted molar refractivity (Wildman–Crippen MR) is 80.9 cm³/mol. The van der Waals surface area contributed by atoms with E-state index < -0.39 is 0 Å². The summed E-state index contributed by atoms with van der Waals surface area (Å²) in [5.74, 6) is 0. The van der Waals surface area contributed by atoms with Gasteiger partial charge in [-0.2, -0.15) is 5.26 Å². The lowest BCUT2D eigenvalue weighted by Crippen LogP contribution is -2.34. The fourth-order valence-corrected chi connectivity index (χ4v) is 2.29. The maximum Gasteiger partial charge on any atom is 0.0647 e. The van der Waals surface area contributed by atoms with Crippen molar-refractivity contribution in [3.05, 3.63) is 60.2 Å². The van der Waals surface area contributed by atoms with E-state index in [1.54, 1.807) is 12.4 Å². The van der Waals surface area contributed by atoms with E-state index in [0.717, 1.165) is 11.3 Å². The van der Waals surface area contributed by atoms with Crippen molar-refractivity contribution in [1.82, 2.24) is 14.9 Å². The van der Waals surface area contributed by atoms with Gasteiger partial charge in [0.1, 0.15) is 0 Å². The molecule has 0 spiro atoms. The highest BCUT2D eigenvalue weighted by Gasteiger charge is 2.20. The third kappa shape index (κ3) is 4.35. The number of hydrogen-bond donors (Lipinski definition) is 1. The molecule has 108 valence electrons. The minimum absolute atomic E-state index is 0.000226. The zero-order valence-corrected chi connectivity index (χ0v) is 11.9. The van der Waals surface area contributed by atoms with E-state index in [0.29, 0.717) is 26.1 Å². The number of rotatable bonds is 7. The number of nitriles is 1. The molecule has 0 aromatic carbocycles. The molecule has 0 aliphatic rings. The Morgan fingerprint density at radius 3 is 2.76 bits per heavy atom. The largest absolute Gasteiger partial charge is 0.329 e.